The molecule has 0 aliphatic carbocycles. The van der Waals surface area contributed by atoms with Gasteiger partial charge in [0.05, 0.1) is 0 Å². The maximum atomic E-state index is 3.54. The van der Waals surface area contributed by atoms with Crippen LogP contribution in [-0.2, 0) is 0 Å². The molecule has 182 valence electrons. The van der Waals surface area contributed by atoms with Crippen LogP contribution in [0.15, 0.2) is 146 Å². The highest BCUT2D eigenvalue weighted by Crippen LogP contribution is 2.43. The zero-order valence-electron chi connectivity index (χ0n) is 21.4. The predicted molar refractivity (Wildman–Crippen MR) is 167 cm³/mol. The zero-order chi connectivity index (χ0) is 25.8. The molecule has 8 rings (SSSR count). The van der Waals surface area contributed by atoms with E-state index in [1.165, 1.54) is 76.7 Å². The minimum Gasteiger partial charge on any atom is -0.355 e. The third kappa shape index (κ3) is 3.48. The SMILES string of the molecule is c1ccc(-c2c3ccccc3c(-c3ccc(-c4ccc5[nH]c6ccccc6c5c4)cc3)c3ccccc23)cc1. The third-order valence-electron chi connectivity index (χ3n) is 8.01. The van der Waals surface area contributed by atoms with Gasteiger partial charge in [0.1, 0.15) is 0 Å². The van der Waals surface area contributed by atoms with Gasteiger partial charge in [-0.15, -0.1) is 0 Å². The normalized spacial score (nSPS) is 11.6. The Morgan fingerprint density at radius 3 is 1.33 bits per heavy atom. The number of nitrogens with one attached hydrogen (secondary N) is 1. The Labute approximate surface area is 227 Å². The van der Waals surface area contributed by atoms with E-state index >= 15 is 0 Å². The van der Waals surface area contributed by atoms with Crippen LogP contribution in [0.4, 0.5) is 0 Å². The average molecular weight is 496 g/mol. The summed E-state index contributed by atoms with van der Waals surface area (Å²) >= 11 is 0. The van der Waals surface area contributed by atoms with Crippen molar-refractivity contribution < 1.29 is 0 Å². The monoisotopic (exact) mass is 495 g/mol. The number of H-pyrrole nitrogens is 1. The standard InChI is InChI=1S/C38H25N/c1-2-10-26(11-3-1)37-30-13-4-6-15-32(30)38(33-16-7-5-14-31(33)37)27-20-18-25(19-21-27)28-22-23-36-34(24-28)29-12-8-9-17-35(29)39-36/h1-24,39H. The fourth-order valence-electron chi connectivity index (χ4n) is 6.21. The van der Waals surface area contributed by atoms with Crippen LogP contribution in [0.5, 0.6) is 0 Å². The number of hydrogen-bond donors (Lipinski definition) is 1. The second-order valence-corrected chi connectivity index (χ2v) is 10.2. The summed E-state index contributed by atoms with van der Waals surface area (Å²) < 4.78 is 0. The smallest absolute Gasteiger partial charge is 0.0465 e. The molecule has 39 heavy (non-hydrogen) atoms. The van der Waals surface area contributed by atoms with Crippen molar-refractivity contribution in [1.29, 1.82) is 0 Å². The molecule has 0 radical (unpaired) electrons. The maximum Gasteiger partial charge on any atom is 0.0465 e. The molecule has 7 aromatic carbocycles. The molecule has 0 spiro atoms. The molecule has 1 N–H and O–H groups in total. The van der Waals surface area contributed by atoms with Crippen molar-refractivity contribution in [3.8, 4) is 33.4 Å². The van der Waals surface area contributed by atoms with E-state index in [4.69, 9.17) is 0 Å². The van der Waals surface area contributed by atoms with Gasteiger partial charge in [0, 0.05) is 21.8 Å². The Bertz CT molecular complexity index is 2090. The minimum absolute atomic E-state index is 1.17. The summed E-state index contributed by atoms with van der Waals surface area (Å²) in [6.45, 7) is 0. The van der Waals surface area contributed by atoms with E-state index in [0.717, 1.165) is 0 Å². The second-order valence-electron chi connectivity index (χ2n) is 10.2. The average Bonchev–Trinajstić information content (AvgIpc) is 3.38. The van der Waals surface area contributed by atoms with E-state index < -0.39 is 0 Å². The van der Waals surface area contributed by atoms with Crippen molar-refractivity contribution in [2.24, 2.45) is 0 Å². The van der Waals surface area contributed by atoms with E-state index in [1.807, 2.05) is 0 Å². The molecule has 0 atom stereocenters. The van der Waals surface area contributed by atoms with Gasteiger partial charge in [-0.25, -0.2) is 0 Å². The van der Waals surface area contributed by atoms with Gasteiger partial charge in [0.15, 0.2) is 0 Å². The van der Waals surface area contributed by atoms with Crippen molar-refractivity contribution in [1.82, 2.24) is 4.98 Å². The summed E-state index contributed by atoms with van der Waals surface area (Å²) in [5, 5.41) is 7.66. The highest BCUT2D eigenvalue weighted by Gasteiger charge is 2.16. The van der Waals surface area contributed by atoms with Gasteiger partial charge in [-0.2, -0.15) is 0 Å². The fraction of sp³-hybridized carbons (Fsp3) is 0. The summed E-state index contributed by atoms with van der Waals surface area (Å²) in [6.07, 6.45) is 0. The molecule has 0 saturated heterocycles. The van der Waals surface area contributed by atoms with E-state index in [1.54, 1.807) is 0 Å². The van der Waals surface area contributed by atoms with E-state index in [0.29, 0.717) is 0 Å². The van der Waals surface area contributed by atoms with Crippen LogP contribution < -0.4 is 0 Å². The van der Waals surface area contributed by atoms with Crippen LogP contribution in [-0.4, -0.2) is 4.98 Å². The van der Waals surface area contributed by atoms with E-state index in [-0.39, 0.29) is 0 Å². The molecule has 0 fully saturated rings. The van der Waals surface area contributed by atoms with Crippen molar-refractivity contribution >= 4 is 43.4 Å². The number of para-hydroxylation sites is 1. The number of aromatic nitrogens is 1. The maximum absolute atomic E-state index is 3.54. The quantitative estimate of drug-likeness (QED) is 0.235. The number of fused-ring (bicyclic) bond motifs is 5. The molecule has 0 bridgehead atoms. The molecule has 0 aliphatic heterocycles. The summed E-state index contributed by atoms with van der Waals surface area (Å²) in [4.78, 5) is 3.54. The molecule has 1 aromatic heterocycles. The first-order valence-electron chi connectivity index (χ1n) is 13.5. The van der Waals surface area contributed by atoms with Crippen molar-refractivity contribution in [3.05, 3.63) is 146 Å². The van der Waals surface area contributed by atoms with Crippen molar-refractivity contribution in [2.75, 3.05) is 0 Å². The summed E-state index contributed by atoms with van der Waals surface area (Å²) in [5.74, 6) is 0. The lowest BCUT2D eigenvalue weighted by molar-refractivity contribution is 1.54. The third-order valence-corrected chi connectivity index (χ3v) is 8.01. The van der Waals surface area contributed by atoms with Crippen molar-refractivity contribution in [2.45, 2.75) is 0 Å². The molecular weight excluding hydrogens is 470 g/mol. The highest BCUT2D eigenvalue weighted by atomic mass is 14.7. The highest BCUT2D eigenvalue weighted by molar-refractivity contribution is 6.21. The number of aromatic amines is 1. The molecule has 1 heterocycles. The lowest BCUT2D eigenvalue weighted by Gasteiger charge is -2.18. The number of benzene rings is 7. The van der Waals surface area contributed by atoms with Gasteiger partial charge in [-0.3, -0.25) is 0 Å². The van der Waals surface area contributed by atoms with Crippen molar-refractivity contribution in [3.63, 3.8) is 0 Å². The van der Waals surface area contributed by atoms with Gasteiger partial charge in [0.2, 0.25) is 0 Å². The largest absolute Gasteiger partial charge is 0.355 e. The Morgan fingerprint density at radius 2 is 0.718 bits per heavy atom. The van der Waals surface area contributed by atoms with Gasteiger partial charge >= 0.3 is 0 Å². The van der Waals surface area contributed by atoms with Crippen LogP contribution in [0.3, 0.4) is 0 Å². The van der Waals surface area contributed by atoms with E-state index in [9.17, 15) is 0 Å². The number of hydrogen-bond acceptors (Lipinski definition) is 0. The lowest BCUT2D eigenvalue weighted by atomic mass is 9.86. The Kier molecular flexibility index (Phi) is 4.89. The molecule has 8 aromatic rings. The molecule has 0 saturated carbocycles. The summed E-state index contributed by atoms with van der Waals surface area (Å²) in [6, 6.07) is 52.8. The Morgan fingerprint density at radius 1 is 0.282 bits per heavy atom. The topological polar surface area (TPSA) is 15.8 Å². The first-order valence-corrected chi connectivity index (χ1v) is 13.5. The van der Waals surface area contributed by atoms with E-state index in [2.05, 4.69) is 151 Å². The molecule has 1 heteroatoms. The second kappa shape index (κ2) is 8.72. The first-order chi connectivity index (χ1) is 19.3. The lowest BCUT2D eigenvalue weighted by Crippen LogP contribution is -1.90. The van der Waals surface area contributed by atoms with Crippen LogP contribution in [0.2, 0.25) is 0 Å². The van der Waals surface area contributed by atoms with Crippen LogP contribution >= 0.6 is 0 Å². The van der Waals surface area contributed by atoms with Gasteiger partial charge in [-0.1, -0.05) is 127 Å². The molecule has 0 amide bonds. The Balaban J connectivity index is 1.31. The predicted octanol–water partition coefficient (Wildman–Crippen LogP) is 10.6. The minimum atomic E-state index is 1.17. The molecular formula is C38H25N. The van der Waals surface area contributed by atoms with Gasteiger partial charge in [-0.05, 0) is 73.1 Å². The van der Waals surface area contributed by atoms with Gasteiger partial charge in [0.25, 0.3) is 0 Å². The molecule has 0 unspecified atom stereocenters. The summed E-state index contributed by atoms with van der Waals surface area (Å²) in [7, 11) is 0. The molecule has 1 nitrogen and oxygen atoms in total. The summed E-state index contributed by atoms with van der Waals surface area (Å²) in [5.41, 5.74) is 9.88. The van der Waals surface area contributed by atoms with Crippen LogP contribution in [0.1, 0.15) is 0 Å². The fourth-order valence-corrected chi connectivity index (χ4v) is 6.21. The van der Waals surface area contributed by atoms with Crippen LogP contribution in [0.25, 0.3) is 76.7 Å². The number of rotatable bonds is 3. The Hall–Kier alpha value is -5.14. The first kappa shape index (κ1) is 21.9. The van der Waals surface area contributed by atoms with Gasteiger partial charge < -0.3 is 4.98 Å². The van der Waals surface area contributed by atoms with Crippen LogP contribution in [0, 0.1) is 0 Å². The molecule has 0 aliphatic rings. The zero-order valence-corrected chi connectivity index (χ0v) is 21.4.